The van der Waals surface area contributed by atoms with E-state index in [0.717, 1.165) is 12.8 Å². The van der Waals surface area contributed by atoms with Crippen molar-refractivity contribution in [2.75, 3.05) is 6.61 Å². The molecule has 0 aromatic heterocycles. The third kappa shape index (κ3) is 5.73. The van der Waals surface area contributed by atoms with Gasteiger partial charge in [-0.3, -0.25) is 0 Å². The van der Waals surface area contributed by atoms with Gasteiger partial charge in [-0.1, -0.05) is 44.5 Å². The van der Waals surface area contributed by atoms with Crippen LogP contribution in [0.3, 0.4) is 0 Å². The molecule has 0 aliphatic rings. The van der Waals surface area contributed by atoms with E-state index in [4.69, 9.17) is 4.74 Å². The third-order valence-electron chi connectivity index (χ3n) is 3.05. The van der Waals surface area contributed by atoms with Crippen molar-refractivity contribution in [3.05, 3.63) is 47.5 Å². The number of aryl methyl sites for hydroxylation is 1. The van der Waals surface area contributed by atoms with Crippen LogP contribution >= 0.6 is 0 Å². The molecule has 2 nitrogen and oxygen atoms in total. The molecule has 103 valence electrons. The molecule has 0 atom stereocenters. The van der Waals surface area contributed by atoms with E-state index in [1.54, 1.807) is 6.92 Å². The summed E-state index contributed by atoms with van der Waals surface area (Å²) in [4.78, 5) is 11.3. The Morgan fingerprint density at radius 1 is 1.32 bits per heavy atom. The Morgan fingerprint density at radius 2 is 2.11 bits per heavy atom. The van der Waals surface area contributed by atoms with Gasteiger partial charge in [0.15, 0.2) is 0 Å². The maximum absolute atomic E-state index is 11.3. The predicted octanol–water partition coefficient (Wildman–Crippen LogP) is 3.88. The van der Waals surface area contributed by atoms with Crippen molar-refractivity contribution < 1.29 is 9.53 Å². The largest absolute Gasteiger partial charge is 0.462 e. The highest BCUT2D eigenvalue weighted by molar-refractivity contribution is 5.86. The molecule has 0 amide bonds. The van der Waals surface area contributed by atoms with Crippen LogP contribution in [0.25, 0.3) is 0 Å². The number of unbranched alkanes of at least 4 members (excludes halogenated alkanes) is 2. The van der Waals surface area contributed by atoms with E-state index < -0.39 is 0 Å². The van der Waals surface area contributed by atoms with Crippen LogP contribution in [-0.2, 0) is 22.4 Å². The Balaban J connectivity index is 2.48. The molecule has 0 aliphatic heterocycles. The lowest BCUT2D eigenvalue weighted by Gasteiger charge is -2.09. The Morgan fingerprint density at radius 3 is 2.79 bits per heavy atom. The highest BCUT2D eigenvalue weighted by atomic mass is 16.5. The number of rotatable bonds is 8. The predicted molar refractivity (Wildman–Crippen MR) is 78.0 cm³/mol. The maximum Gasteiger partial charge on any atom is 0.333 e. The van der Waals surface area contributed by atoms with Crippen LogP contribution in [0.4, 0.5) is 0 Å². The van der Waals surface area contributed by atoms with E-state index >= 15 is 0 Å². The van der Waals surface area contributed by atoms with Crippen LogP contribution < -0.4 is 0 Å². The first-order valence-corrected chi connectivity index (χ1v) is 6.95. The van der Waals surface area contributed by atoms with Crippen molar-refractivity contribution in [1.82, 2.24) is 0 Å². The van der Waals surface area contributed by atoms with Gasteiger partial charge in [0.25, 0.3) is 0 Å². The van der Waals surface area contributed by atoms with Crippen molar-refractivity contribution in [3.8, 4) is 0 Å². The summed E-state index contributed by atoms with van der Waals surface area (Å²) in [7, 11) is 0. The normalized spacial score (nSPS) is 10.2. The minimum atomic E-state index is -0.313. The number of carbonyl (C=O) groups excluding carboxylic acids is 1. The molecule has 1 radical (unpaired) electrons. The molecule has 19 heavy (non-hydrogen) atoms. The summed E-state index contributed by atoms with van der Waals surface area (Å²) < 4.78 is 5.14. The summed E-state index contributed by atoms with van der Waals surface area (Å²) in [5.74, 6) is -0.313. The molecule has 0 spiro atoms. The van der Waals surface area contributed by atoms with Gasteiger partial charge < -0.3 is 4.74 Å². The molecule has 0 saturated carbocycles. The zero-order valence-corrected chi connectivity index (χ0v) is 12.0. The quantitative estimate of drug-likeness (QED) is 0.402. The first-order valence-electron chi connectivity index (χ1n) is 6.95. The van der Waals surface area contributed by atoms with Gasteiger partial charge in [0.2, 0.25) is 0 Å². The van der Waals surface area contributed by atoms with Gasteiger partial charge in [-0.25, -0.2) is 4.79 Å². The number of carbonyl (C=O) groups is 1. The molecule has 1 aromatic rings. The van der Waals surface area contributed by atoms with Crippen LogP contribution in [0.15, 0.2) is 30.4 Å². The average molecular weight is 259 g/mol. The number of ether oxygens (including phenoxy) is 1. The highest BCUT2D eigenvalue weighted by Crippen LogP contribution is 2.13. The minimum Gasteiger partial charge on any atom is -0.462 e. The number of esters is 1. The van der Waals surface area contributed by atoms with Crippen LogP contribution in [0, 0.1) is 6.07 Å². The van der Waals surface area contributed by atoms with E-state index in [2.05, 4.69) is 25.6 Å². The van der Waals surface area contributed by atoms with E-state index in [1.807, 2.05) is 12.1 Å². The van der Waals surface area contributed by atoms with Crippen molar-refractivity contribution >= 4 is 5.97 Å². The van der Waals surface area contributed by atoms with Crippen molar-refractivity contribution in [2.45, 2.75) is 46.0 Å². The molecule has 0 N–H and O–H groups in total. The van der Waals surface area contributed by atoms with Gasteiger partial charge in [-0.15, -0.1) is 0 Å². The summed E-state index contributed by atoms with van der Waals surface area (Å²) in [6.45, 7) is 7.84. The highest BCUT2D eigenvalue weighted by Gasteiger charge is 2.05. The first-order chi connectivity index (χ1) is 9.15. The molecule has 1 aromatic carbocycles. The smallest absolute Gasteiger partial charge is 0.333 e. The molecular weight excluding hydrogens is 236 g/mol. The van der Waals surface area contributed by atoms with Gasteiger partial charge in [0.05, 0.1) is 6.61 Å². The molecule has 0 fully saturated rings. The Bertz CT molecular complexity index is 421. The maximum atomic E-state index is 11.3. The fraction of sp³-hybridized carbons (Fsp3) is 0.471. The average Bonchev–Trinajstić information content (AvgIpc) is 2.40. The van der Waals surface area contributed by atoms with Gasteiger partial charge >= 0.3 is 5.97 Å². The van der Waals surface area contributed by atoms with Crippen molar-refractivity contribution in [3.63, 3.8) is 0 Å². The van der Waals surface area contributed by atoms with Crippen LogP contribution in [0.2, 0.25) is 0 Å². The van der Waals surface area contributed by atoms with Gasteiger partial charge in [-0.2, -0.15) is 0 Å². The molecule has 0 aliphatic carbocycles. The standard InChI is InChI=1S/C17H23O2/c1-4-5-6-9-15-10-7-8-11-16(15)12-13-19-17(18)14(2)3/h7,10-11H,2,4-6,9,12-13H2,1,3H3. The topological polar surface area (TPSA) is 26.3 Å². The van der Waals surface area contributed by atoms with Crippen LogP contribution in [0.1, 0.15) is 44.2 Å². The van der Waals surface area contributed by atoms with Crippen LogP contribution in [0.5, 0.6) is 0 Å². The Hall–Kier alpha value is -1.57. The molecule has 1 rings (SSSR count). The zero-order chi connectivity index (χ0) is 14.1. The first kappa shape index (κ1) is 15.5. The lowest BCUT2D eigenvalue weighted by atomic mass is 9.99. The Kier molecular flexibility index (Phi) is 6.94. The lowest BCUT2D eigenvalue weighted by Crippen LogP contribution is -2.09. The van der Waals surface area contributed by atoms with E-state index in [-0.39, 0.29) is 5.97 Å². The van der Waals surface area contributed by atoms with Crippen LogP contribution in [-0.4, -0.2) is 12.6 Å². The molecule has 0 heterocycles. The van der Waals surface area contributed by atoms with Gasteiger partial charge in [0, 0.05) is 12.0 Å². The van der Waals surface area contributed by atoms with E-state index in [0.29, 0.717) is 12.2 Å². The second kappa shape index (κ2) is 8.52. The summed E-state index contributed by atoms with van der Waals surface area (Å²) in [5, 5.41) is 0. The molecular formula is C17H23O2. The monoisotopic (exact) mass is 259 g/mol. The molecule has 2 heteroatoms. The summed E-state index contributed by atoms with van der Waals surface area (Å²) in [6, 6.07) is 9.16. The SMILES string of the molecule is C=C(C)C(=O)OCCc1c[c]ccc1CCCCC. The molecule has 0 unspecified atom stereocenters. The van der Waals surface area contributed by atoms with Gasteiger partial charge in [-0.05, 0) is 37.0 Å². The second-order valence-corrected chi connectivity index (χ2v) is 4.82. The minimum absolute atomic E-state index is 0.313. The number of hydrogen-bond donors (Lipinski definition) is 0. The summed E-state index contributed by atoms with van der Waals surface area (Å²) in [5.41, 5.74) is 3.02. The summed E-state index contributed by atoms with van der Waals surface area (Å²) >= 11 is 0. The lowest BCUT2D eigenvalue weighted by molar-refractivity contribution is -0.138. The molecule has 0 bridgehead atoms. The Labute approximate surface area is 116 Å². The zero-order valence-electron chi connectivity index (χ0n) is 12.0. The second-order valence-electron chi connectivity index (χ2n) is 4.82. The molecule has 0 saturated heterocycles. The summed E-state index contributed by atoms with van der Waals surface area (Å²) in [6.07, 6.45) is 5.52. The fourth-order valence-electron chi connectivity index (χ4n) is 1.92. The number of benzene rings is 1. The van der Waals surface area contributed by atoms with Gasteiger partial charge in [0.1, 0.15) is 0 Å². The van der Waals surface area contributed by atoms with Crippen molar-refractivity contribution in [1.29, 1.82) is 0 Å². The van der Waals surface area contributed by atoms with E-state index in [9.17, 15) is 4.79 Å². The third-order valence-corrected chi connectivity index (χ3v) is 3.05. The van der Waals surface area contributed by atoms with E-state index in [1.165, 1.54) is 30.4 Å². The van der Waals surface area contributed by atoms with Crippen molar-refractivity contribution in [2.24, 2.45) is 0 Å². The number of hydrogen-bond acceptors (Lipinski definition) is 2. The fourth-order valence-corrected chi connectivity index (χ4v) is 1.92.